The van der Waals surface area contributed by atoms with Gasteiger partial charge in [-0.1, -0.05) is 30.5 Å². The number of sulfonamides is 1. The zero-order chi connectivity index (χ0) is 19.6. The van der Waals surface area contributed by atoms with E-state index in [1.54, 1.807) is 29.2 Å². The lowest BCUT2D eigenvalue weighted by molar-refractivity contribution is -0.314. The minimum absolute atomic E-state index is 0.184. The Hall–Kier alpha value is -1.93. The molecule has 1 aromatic rings. The number of rotatable bonds is 4. The zero-order valence-corrected chi connectivity index (χ0v) is 16.3. The number of hydrogen-bond acceptors (Lipinski definition) is 5. The lowest BCUT2D eigenvalue weighted by atomic mass is 9.78. The largest absolute Gasteiger partial charge is 0.550 e. The number of carboxylic acids is 1. The summed E-state index contributed by atoms with van der Waals surface area (Å²) in [5, 5.41) is 11.3. The highest BCUT2D eigenvalue weighted by Gasteiger charge is 2.37. The number of carbonyl (C=O) groups excluding carboxylic acids is 2. The number of carboxylic acid groups (broad SMARTS) is 1. The fourth-order valence-corrected chi connectivity index (χ4v) is 5.37. The normalized spacial score (nSPS) is 24.6. The van der Waals surface area contributed by atoms with E-state index in [1.165, 1.54) is 4.31 Å². The van der Waals surface area contributed by atoms with E-state index in [9.17, 15) is 23.1 Å². The summed E-state index contributed by atoms with van der Waals surface area (Å²) in [6.07, 6.45) is 2.66. The van der Waals surface area contributed by atoms with Crippen molar-refractivity contribution >= 4 is 21.9 Å². The van der Waals surface area contributed by atoms with Crippen molar-refractivity contribution in [2.45, 2.75) is 37.5 Å². The molecule has 2 fully saturated rings. The van der Waals surface area contributed by atoms with Crippen molar-refractivity contribution in [3.63, 3.8) is 0 Å². The Morgan fingerprint density at radius 3 is 2.07 bits per heavy atom. The molecule has 7 nitrogen and oxygen atoms in total. The first-order valence-corrected chi connectivity index (χ1v) is 10.8. The highest BCUT2D eigenvalue weighted by Crippen LogP contribution is 2.31. The first kappa shape index (κ1) is 19.8. The minimum atomic E-state index is -3.59. The minimum Gasteiger partial charge on any atom is -0.550 e. The van der Waals surface area contributed by atoms with E-state index in [4.69, 9.17) is 0 Å². The molecule has 0 aromatic heterocycles. The molecule has 1 aliphatic carbocycles. The highest BCUT2D eigenvalue weighted by molar-refractivity contribution is 7.89. The van der Waals surface area contributed by atoms with E-state index < -0.39 is 27.8 Å². The van der Waals surface area contributed by atoms with Gasteiger partial charge >= 0.3 is 0 Å². The second-order valence-electron chi connectivity index (χ2n) is 7.36. The van der Waals surface area contributed by atoms with Crippen molar-refractivity contribution in [2.75, 3.05) is 26.2 Å². The summed E-state index contributed by atoms with van der Waals surface area (Å²) in [5.74, 6) is -2.63. The van der Waals surface area contributed by atoms with Gasteiger partial charge in [0.2, 0.25) is 15.9 Å². The van der Waals surface area contributed by atoms with E-state index in [0.717, 1.165) is 18.4 Å². The van der Waals surface area contributed by atoms with Crippen LogP contribution in [0, 0.1) is 18.8 Å². The quantitative estimate of drug-likeness (QED) is 0.737. The molecule has 1 aromatic carbocycles. The second-order valence-corrected chi connectivity index (χ2v) is 9.30. The molecule has 0 bridgehead atoms. The van der Waals surface area contributed by atoms with Crippen molar-refractivity contribution in [2.24, 2.45) is 11.8 Å². The third-order valence-corrected chi connectivity index (χ3v) is 7.51. The summed E-state index contributed by atoms with van der Waals surface area (Å²) < 4.78 is 26.9. The van der Waals surface area contributed by atoms with E-state index in [0.29, 0.717) is 12.8 Å². The van der Waals surface area contributed by atoms with Crippen LogP contribution in [0.2, 0.25) is 0 Å². The van der Waals surface area contributed by atoms with Crippen LogP contribution in [0.1, 0.15) is 31.2 Å². The monoisotopic (exact) mass is 393 g/mol. The van der Waals surface area contributed by atoms with Gasteiger partial charge in [0.05, 0.1) is 4.90 Å². The SMILES string of the molecule is Cc1ccc(S(=O)(=O)N2CCN(C(=O)[C@H]3CCCC[C@@H]3C(=O)[O-])CC2)cc1. The maximum atomic E-state index is 12.8. The molecule has 2 atom stereocenters. The summed E-state index contributed by atoms with van der Waals surface area (Å²) in [6.45, 7) is 2.88. The molecule has 27 heavy (non-hydrogen) atoms. The summed E-state index contributed by atoms with van der Waals surface area (Å²) in [7, 11) is -3.59. The molecule has 0 spiro atoms. The molecule has 0 radical (unpaired) electrons. The Bertz CT molecular complexity index is 798. The van der Waals surface area contributed by atoms with E-state index in [-0.39, 0.29) is 37.0 Å². The average Bonchev–Trinajstić information content (AvgIpc) is 2.68. The number of nitrogens with zero attached hydrogens (tertiary/aromatic N) is 2. The van der Waals surface area contributed by atoms with E-state index in [2.05, 4.69) is 0 Å². The van der Waals surface area contributed by atoms with Crippen LogP contribution in [-0.2, 0) is 19.6 Å². The summed E-state index contributed by atoms with van der Waals surface area (Å²) in [5.41, 5.74) is 0.985. The smallest absolute Gasteiger partial charge is 0.243 e. The average molecular weight is 393 g/mol. The van der Waals surface area contributed by atoms with Crippen LogP contribution in [0.5, 0.6) is 0 Å². The van der Waals surface area contributed by atoms with Gasteiger partial charge in [-0.3, -0.25) is 4.79 Å². The molecule has 8 heteroatoms. The van der Waals surface area contributed by atoms with Gasteiger partial charge in [-0.15, -0.1) is 0 Å². The van der Waals surface area contributed by atoms with Gasteiger partial charge in [0.25, 0.3) is 0 Å². The van der Waals surface area contributed by atoms with Crippen LogP contribution >= 0.6 is 0 Å². The number of amides is 1. The lowest BCUT2D eigenvalue weighted by Gasteiger charge is -2.39. The van der Waals surface area contributed by atoms with Crippen LogP contribution in [0.25, 0.3) is 0 Å². The molecular formula is C19H25N2O5S-. The first-order valence-electron chi connectivity index (χ1n) is 9.37. The van der Waals surface area contributed by atoms with Gasteiger partial charge in [0.1, 0.15) is 0 Å². The van der Waals surface area contributed by atoms with Crippen LogP contribution in [0.4, 0.5) is 0 Å². The fourth-order valence-electron chi connectivity index (χ4n) is 3.95. The van der Waals surface area contributed by atoms with Crippen LogP contribution < -0.4 is 5.11 Å². The highest BCUT2D eigenvalue weighted by atomic mass is 32.2. The summed E-state index contributed by atoms with van der Waals surface area (Å²) in [4.78, 5) is 26.0. The number of benzene rings is 1. The Labute approximate surface area is 160 Å². The predicted octanol–water partition coefficient (Wildman–Crippen LogP) is 0.384. The van der Waals surface area contributed by atoms with Gasteiger partial charge in [0.15, 0.2) is 0 Å². The Balaban J connectivity index is 1.65. The number of piperazine rings is 1. The third-order valence-electron chi connectivity index (χ3n) is 5.59. The molecule has 1 aliphatic heterocycles. The van der Waals surface area contributed by atoms with Crippen molar-refractivity contribution in [1.82, 2.24) is 9.21 Å². The van der Waals surface area contributed by atoms with Crippen LogP contribution in [0.3, 0.4) is 0 Å². The van der Waals surface area contributed by atoms with Crippen molar-refractivity contribution in [3.05, 3.63) is 29.8 Å². The Morgan fingerprint density at radius 1 is 0.963 bits per heavy atom. The van der Waals surface area contributed by atoms with Crippen molar-refractivity contribution in [1.29, 1.82) is 0 Å². The molecular weight excluding hydrogens is 368 g/mol. The molecule has 148 valence electrons. The zero-order valence-electron chi connectivity index (χ0n) is 15.5. The number of carbonyl (C=O) groups is 2. The maximum Gasteiger partial charge on any atom is 0.243 e. The fraction of sp³-hybridized carbons (Fsp3) is 0.579. The predicted molar refractivity (Wildman–Crippen MR) is 97.0 cm³/mol. The maximum absolute atomic E-state index is 12.8. The lowest BCUT2D eigenvalue weighted by Crippen LogP contribution is -2.54. The van der Waals surface area contributed by atoms with Gasteiger partial charge < -0.3 is 14.8 Å². The van der Waals surface area contributed by atoms with Gasteiger partial charge in [0, 0.05) is 44.0 Å². The van der Waals surface area contributed by atoms with Gasteiger partial charge in [-0.2, -0.15) is 4.31 Å². The topological polar surface area (TPSA) is 97.8 Å². The number of hydrogen-bond donors (Lipinski definition) is 0. The Morgan fingerprint density at radius 2 is 1.52 bits per heavy atom. The molecule has 0 N–H and O–H groups in total. The first-order chi connectivity index (χ1) is 12.8. The third kappa shape index (κ3) is 4.16. The summed E-state index contributed by atoms with van der Waals surface area (Å²) in [6, 6.07) is 6.70. The van der Waals surface area contributed by atoms with Gasteiger partial charge in [-0.05, 0) is 31.9 Å². The molecule has 1 saturated carbocycles. The number of aryl methyl sites for hydroxylation is 1. The molecule has 0 unspecified atom stereocenters. The van der Waals surface area contributed by atoms with Crippen molar-refractivity contribution < 1.29 is 23.1 Å². The number of aliphatic carboxylic acids is 1. The van der Waals surface area contributed by atoms with Gasteiger partial charge in [-0.25, -0.2) is 8.42 Å². The van der Waals surface area contributed by atoms with Crippen LogP contribution in [0.15, 0.2) is 29.2 Å². The summed E-state index contributed by atoms with van der Waals surface area (Å²) >= 11 is 0. The molecule has 1 saturated heterocycles. The van der Waals surface area contributed by atoms with E-state index in [1.807, 2.05) is 6.92 Å². The Kier molecular flexibility index (Phi) is 5.86. The second kappa shape index (κ2) is 7.98. The van der Waals surface area contributed by atoms with Crippen LogP contribution in [-0.4, -0.2) is 55.7 Å². The molecule has 2 aliphatic rings. The molecule has 1 heterocycles. The van der Waals surface area contributed by atoms with E-state index >= 15 is 0 Å². The standard InChI is InChI=1S/C19H26N2O5S/c1-14-6-8-15(9-7-14)27(25,26)21-12-10-20(11-13-21)18(22)16-4-2-3-5-17(16)19(23)24/h6-9,16-17H,2-5,10-13H2,1H3,(H,23,24)/p-1/t16-,17-/m0/s1. The molecule has 3 rings (SSSR count). The van der Waals surface area contributed by atoms with Crippen molar-refractivity contribution in [3.8, 4) is 0 Å². The molecule has 1 amide bonds.